The maximum Gasteiger partial charge on any atom is 0.498 e. The summed E-state index contributed by atoms with van der Waals surface area (Å²) in [5.41, 5.74) is 1.52. The molecule has 241 valence electrons. The summed E-state index contributed by atoms with van der Waals surface area (Å²) in [7, 11) is 1.41. The number of carbonyl (C=O) groups excluding carboxylic acids is 2. The number of rotatable bonds is 1. The largest absolute Gasteiger partial charge is 0.498 e. The second kappa shape index (κ2) is 13.7. The lowest BCUT2D eigenvalue weighted by molar-refractivity contribution is 0.00578. The predicted molar refractivity (Wildman–Crippen MR) is 184 cm³/mol. The Bertz CT molecular complexity index is 1640. The van der Waals surface area contributed by atoms with Gasteiger partial charge in [-0.05, 0) is 109 Å². The number of fused-ring (bicyclic) bond motifs is 2. The van der Waals surface area contributed by atoms with Crippen molar-refractivity contribution >= 4 is 70.0 Å². The van der Waals surface area contributed by atoms with Crippen molar-refractivity contribution in [3.63, 3.8) is 0 Å². The first-order chi connectivity index (χ1) is 20.7. The van der Waals surface area contributed by atoms with E-state index in [0.717, 1.165) is 21.0 Å². The summed E-state index contributed by atoms with van der Waals surface area (Å²) in [6.45, 7) is 23.0. The topological polar surface area (TPSA) is 107 Å². The number of halogens is 1. The van der Waals surface area contributed by atoms with Crippen LogP contribution in [-0.4, -0.2) is 68.1 Å². The molecule has 0 spiro atoms. The molecule has 5 rings (SSSR count). The fourth-order valence-electron chi connectivity index (χ4n) is 4.17. The molecule has 4 aromatic rings. The van der Waals surface area contributed by atoms with Crippen LogP contribution in [0.2, 0.25) is 13.6 Å². The SMILES string of the molecule is CC(C)(C)OC(=O)n1cc(B2OC(C)(C)C(C)(C)O2)c2ncccc21.CC(C)(C)OC(=O)n1cc(Br)c2ncccc21.C[B]C. The van der Waals surface area contributed by atoms with E-state index < -0.39 is 41.7 Å². The van der Waals surface area contributed by atoms with Crippen molar-refractivity contribution in [1.29, 1.82) is 0 Å². The van der Waals surface area contributed by atoms with Crippen molar-refractivity contribution in [3.8, 4) is 0 Å². The molecule has 0 atom stereocenters. The van der Waals surface area contributed by atoms with Crippen LogP contribution in [0.25, 0.3) is 22.1 Å². The highest BCUT2D eigenvalue weighted by molar-refractivity contribution is 9.10. The van der Waals surface area contributed by atoms with E-state index in [4.69, 9.17) is 18.8 Å². The second-order valence-electron chi connectivity index (χ2n) is 13.7. The standard InChI is InChI=1S/C18H25BN2O4.C12H13BrN2O2.C2H6B/c1-16(2,3)23-15(22)21-11-12(14-13(21)9-8-10-20-14)19-24-17(4,5)18(6,7)25-19;1-12(2,3)17-11(16)15-7-8(13)10-9(15)5-4-6-14-10;1-3-2/h8-11H,1-7H3;4-7H,1-3H3;1-2H3. The average Bonchev–Trinajstić information content (AvgIpc) is 3.52. The van der Waals surface area contributed by atoms with E-state index in [1.807, 2.05) is 102 Å². The van der Waals surface area contributed by atoms with Gasteiger partial charge in [-0.3, -0.25) is 14.5 Å². The summed E-state index contributed by atoms with van der Waals surface area (Å²) < 4.78 is 26.8. The highest BCUT2D eigenvalue weighted by atomic mass is 79.9. The van der Waals surface area contributed by atoms with E-state index in [-0.39, 0.29) is 0 Å². The maximum absolute atomic E-state index is 12.6. The van der Waals surface area contributed by atoms with Gasteiger partial charge < -0.3 is 18.8 Å². The first kappa shape index (κ1) is 36.3. The number of pyridine rings is 2. The molecule has 10 nitrogen and oxygen atoms in total. The molecule has 0 bridgehead atoms. The van der Waals surface area contributed by atoms with E-state index in [0.29, 0.717) is 11.0 Å². The van der Waals surface area contributed by atoms with Gasteiger partial charge in [-0.15, -0.1) is 0 Å². The van der Waals surface area contributed by atoms with Gasteiger partial charge in [0.15, 0.2) is 0 Å². The third kappa shape index (κ3) is 8.77. The van der Waals surface area contributed by atoms with Crippen molar-refractivity contribution in [2.45, 2.75) is 105 Å². The summed E-state index contributed by atoms with van der Waals surface area (Å²) in [5.74, 6) is 0. The molecule has 0 N–H and O–H groups in total. The summed E-state index contributed by atoms with van der Waals surface area (Å²) in [4.78, 5) is 33.2. The molecular weight excluding hydrogens is 638 g/mol. The second-order valence-corrected chi connectivity index (χ2v) is 14.5. The van der Waals surface area contributed by atoms with E-state index >= 15 is 0 Å². The van der Waals surface area contributed by atoms with E-state index in [1.165, 1.54) is 9.13 Å². The molecule has 4 aromatic heterocycles. The first-order valence-corrected chi connectivity index (χ1v) is 15.6. The van der Waals surface area contributed by atoms with Gasteiger partial charge in [0.05, 0.1) is 32.2 Å². The van der Waals surface area contributed by atoms with Gasteiger partial charge in [0.2, 0.25) is 0 Å². The number of hydrogen-bond acceptors (Lipinski definition) is 8. The lowest BCUT2D eigenvalue weighted by Gasteiger charge is -2.32. The Balaban J connectivity index is 0.000000240. The molecule has 13 heteroatoms. The fraction of sp³-hybridized carbons (Fsp3) is 0.500. The van der Waals surface area contributed by atoms with Crippen LogP contribution in [0, 0.1) is 0 Å². The van der Waals surface area contributed by atoms with Gasteiger partial charge in [-0.25, -0.2) is 14.2 Å². The summed E-state index contributed by atoms with van der Waals surface area (Å²) in [5, 5.41) is 0. The molecule has 1 fully saturated rings. The highest BCUT2D eigenvalue weighted by Gasteiger charge is 2.52. The summed E-state index contributed by atoms with van der Waals surface area (Å²) >= 11 is 3.37. The minimum Gasteiger partial charge on any atom is -0.443 e. The molecule has 45 heavy (non-hydrogen) atoms. The lowest BCUT2D eigenvalue weighted by atomic mass is 9.80. The molecule has 1 aliphatic rings. The van der Waals surface area contributed by atoms with Gasteiger partial charge in [-0.2, -0.15) is 0 Å². The van der Waals surface area contributed by atoms with Crippen molar-refractivity contribution < 1.29 is 28.4 Å². The zero-order valence-electron chi connectivity index (χ0n) is 28.4. The Labute approximate surface area is 275 Å². The molecule has 0 aromatic carbocycles. The molecule has 1 radical (unpaired) electrons. The quantitative estimate of drug-likeness (QED) is 0.190. The summed E-state index contributed by atoms with van der Waals surface area (Å²) in [6.07, 6.45) is 5.90. The molecule has 0 saturated carbocycles. The van der Waals surface area contributed by atoms with Gasteiger partial charge in [0, 0.05) is 30.3 Å². The van der Waals surface area contributed by atoms with Crippen LogP contribution in [0.3, 0.4) is 0 Å². The molecule has 0 aliphatic carbocycles. The smallest absolute Gasteiger partial charge is 0.443 e. The number of carbonyl (C=O) groups is 2. The monoisotopic (exact) mass is 681 g/mol. The molecule has 1 aliphatic heterocycles. The Hall–Kier alpha value is -3.15. The van der Waals surface area contributed by atoms with Gasteiger partial charge >= 0.3 is 19.3 Å². The third-order valence-corrected chi connectivity index (χ3v) is 7.37. The Kier molecular flexibility index (Phi) is 11.0. The van der Waals surface area contributed by atoms with E-state index in [2.05, 4.69) is 25.9 Å². The normalized spacial score (nSPS) is 15.5. The van der Waals surface area contributed by atoms with Crippen LogP contribution >= 0.6 is 15.9 Å². The van der Waals surface area contributed by atoms with E-state index in [9.17, 15) is 9.59 Å². The van der Waals surface area contributed by atoms with Crippen LogP contribution in [0.4, 0.5) is 9.59 Å². The van der Waals surface area contributed by atoms with Gasteiger partial charge in [0.25, 0.3) is 0 Å². The number of aromatic nitrogens is 4. The minimum absolute atomic E-state index is 0.402. The van der Waals surface area contributed by atoms with Crippen molar-refractivity contribution in [2.75, 3.05) is 0 Å². The number of ether oxygens (including phenoxy) is 2. The first-order valence-electron chi connectivity index (χ1n) is 14.8. The van der Waals surface area contributed by atoms with Crippen LogP contribution in [-0.2, 0) is 18.8 Å². The van der Waals surface area contributed by atoms with Crippen molar-refractivity contribution in [2.24, 2.45) is 0 Å². The average molecular weight is 682 g/mol. The van der Waals surface area contributed by atoms with Gasteiger partial charge in [-0.1, -0.05) is 13.6 Å². The summed E-state index contributed by atoms with van der Waals surface area (Å²) in [6, 6.07) is 7.24. The number of hydrogen-bond donors (Lipinski definition) is 0. The van der Waals surface area contributed by atoms with E-state index in [1.54, 1.807) is 36.9 Å². The Morgan fingerprint density at radius 2 is 1.20 bits per heavy atom. The zero-order valence-corrected chi connectivity index (χ0v) is 30.0. The van der Waals surface area contributed by atoms with Crippen LogP contribution in [0.1, 0.15) is 69.2 Å². The molecular formula is C32H44B2BrN4O6. The van der Waals surface area contributed by atoms with Crippen LogP contribution in [0.15, 0.2) is 53.5 Å². The minimum atomic E-state index is -0.592. The Morgan fingerprint density at radius 1 is 0.800 bits per heavy atom. The lowest BCUT2D eigenvalue weighted by Crippen LogP contribution is -2.41. The third-order valence-electron chi connectivity index (χ3n) is 6.79. The van der Waals surface area contributed by atoms with Gasteiger partial charge in [0.1, 0.15) is 24.0 Å². The zero-order chi connectivity index (χ0) is 34.0. The highest BCUT2D eigenvalue weighted by Crippen LogP contribution is 2.37. The van der Waals surface area contributed by atoms with Crippen molar-refractivity contribution in [1.82, 2.24) is 19.1 Å². The molecule has 0 amide bonds. The molecule has 0 unspecified atom stereocenters. The maximum atomic E-state index is 12.6. The van der Waals surface area contributed by atoms with Crippen molar-refractivity contribution in [3.05, 3.63) is 53.5 Å². The van der Waals surface area contributed by atoms with Crippen LogP contribution in [0.5, 0.6) is 0 Å². The van der Waals surface area contributed by atoms with Crippen LogP contribution < -0.4 is 5.46 Å². The fourth-order valence-corrected chi connectivity index (χ4v) is 4.68. The number of nitrogens with zero attached hydrogens (tertiary/aromatic N) is 4. The molecule has 5 heterocycles. The Morgan fingerprint density at radius 3 is 1.64 bits per heavy atom. The molecule has 1 saturated heterocycles. The predicted octanol–water partition coefficient (Wildman–Crippen LogP) is 7.49.